The van der Waals surface area contributed by atoms with E-state index in [0.29, 0.717) is 34.9 Å². The van der Waals surface area contributed by atoms with Gasteiger partial charge in [-0.3, -0.25) is 24.4 Å². The van der Waals surface area contributed by atoms with Gasteiger partial charge in [0.1, 0.15) is 5.78 Å². The van der Waals surface area contributed by atoms with Gasteiger partial charge in [-0.15, -0.1) is 5.06 Å². The number of ketones is 1. The summed E-state index contributed by atoms with van der Waals surface area (Å²) >= 11 is 0. The van der Waals surface area contributed by atoms with Gasteiger partial charge in [0.25, 0.3) is 11.8 Å². The Hall–Kier alpha value is -6.06. The topological polar surface area (TPSA) is 133 Å². The van der Waals surface area contributed by atoms with Crippen LogP contribution in [0.2, 0.25) is 0 Å². The molecule has 9 heteroatoms. The summed E-state index contributed by atoms with van der Waals surface area (Å²) in [5.41, 5.74) is 14.6. The molecule has 2 amide bonds. The fraction of sp³-hybridized carbons (Fsp3) is 0.306. The van der Waals surface area contributed by atoms with E-state index in [0.717, 1.165) is 81.1 Å². The Morgan fingerprint density at radius 3 is 1.52 bits per heavy atom. The molecule has 2 N–H and O–H groups in total. The number of fused-ring (bicyclic) bond motifs is 2. The number of pyridine rings is 2. The van der Waals surface area contributed by atoms with Gasteiger partial charge in [0.15, 0.2) is 0 Å². The average Bonchev–Trinajstić information content (AvgIpc) is 3.55. The number of unbranched alkanes of at least 4 members (excludes halogenated alkanes) is 3. The van der Waals surface area contributed by atoms with Crippen LogP contribution < -0.4 is 5.73 Å². The third-order valence-corrected chi connectivity index (χ3v) is 10.0. The van der Waals surface area contributed by atoms with Crippen LogP contribution in [0.3, 0.4) is 0 Å². The molecule has 9 nitrogen and oxygen atoms in total. The molecule has 0 aliphatic carbocycles. The Balaban J connectivity index is 0.000000199. The molecule has 1 fully saturated rings. The maximum Gasteiger partial charge on any atom is 0.337 e. The molecule has 0 atom stereocenters. The van der Waals surface area contributed by atoms with E-state index in [2.05, 4.69) is 37.0 Å². The number of hydrogen-bond donors (Lipinski definition) is 1. The number of carbonyl (C=O) groups excluding carboxylic acids is 4. The van der Waals surface area contributed by atoms with Gasteiger partial charge in [-0.05, 0) is 78.7 Å². The lowest BCUT2D eigenvalue weighted by Crippen LogP contribution is -2.32. The minimum atomic E-state index is -0.666. The molecule has 58 heavy (non-hydrogen) atoms. The molecule has 3 heterocycles. The molecular weight excluding hydrogens is 725 g/mol. The van der Waals surface area contributed by atoms with Crippen molar-refractivity contribution in [1.29, 1.82) is 0 Å². The number of nitrogens with two attached hydrogens (primary N) is 1. The maximum atomic E-state index is 12.5. The molecule has 0 unspecified atom stereocenters. The number of carbonyl (C=O) groups is 4. The molecule has 0 bridgehead atoms. The van der Waals surface area contributed by atoms with Crippen molar-refractivity contribution in [3.05, 3.63) is 132 Å². The van der Waals surface area contributed by atoms with Crippen molar-refractivity contribution in [2.24, 2.45) is 5.73 Å². The Labute approximate surface area is 341 Å². The smallest absolute Gasteiger partial charge is 0.330 e. The van der Waals surface area contributed by atoms with Crippen molar-refractivity contribution < 1.29 is 24.0 Å². The average molecular weight is 779 g/mol. The number of Topliss-reactive ketones (excluding diaryl/α,β-unsaturated/α-hetero) is 1. The lowest BCUT2D eigenvalue weighted by molar-refractivity contribution is -0.197. The number of amides is 2. The number of imide groups is 1. The lowest BCUT2D eigenvalue weighted by atomic mass is 9.91. The van der Waals surface area contributed by atoms with Gasteiger partial charge in [0.2, 0.25) is 0 Å². The zero-order valence-corrected chi connectivity index (χ0v) is 34.1. The van der Waals surface area contributed by atoms with Crippen LogP contribution in [0, 0.1) is 13.8 Å². The van der Waals surface area contributed by atoms with E-state index in [9.17, 15) is 19.2 Å². The highest BCUT2D eigenvalue weighted by Crippen LogP contribution is 2.35. The van der Waals surface area contributed by atoms with Crippen molar-refractivity contribution in [2.75, 3.05) is 6.54 Å². The van der Waals surface area contributed by atoms with Gasteiger partial charge in [-0.25, -0.2) is 4.79 Å². The number of para-hydroxylation sites is 2. The molecule has 0 saturated carbocycles. The molecular formula is C49H54N4O5. The SMILES string of the molecule is CCCCCC(=O)Cc1c(C)nc2ccccc2c1-c1ccccc1.CCCCN.Cc1nc2ccccc2c(-c2ccccc2)c1CC(=O)ON1C(=O)CCC1=O. The van der Waals surface area contributed by atoms with Gasteiger partial charge in [0.05, 0.1) is 17.5 Å². The molecule has 0 spiro atoms. The summed E-state index contributed by atoms with van der Waals surface area (Å²) in [7, 11) is 0. The Morgan fingerprint density at radius 1 is 0.621 bits per heavy atom. The Morgan fingerprint density at radius 2 is 1.07 bits per heavy atom. The minimum Gasteiger partial charge on any atom is -0.330 e. The molecule has 1 aliphatic heterocycles. The fourth-order valence-corrected chi connectivity index (χ4v) is 7.05. The number of hydrogen-bond acceptors (Lipinski definition) is 8. The maximum absolute atomic E-state index is 12.5. The number of aryl methyl sites for hydroxylation is 2. The zero-order valence-electron chi connectivity index (χ0n) is 34.1. The van der Waals surface area contributed by atoms with Crippen molar-refractivity contribution in [1.82, 2.24) is 15.0 Å². The van der Waals surface area contributed by atoms with E-state index in [-0.39, 0.29) is 19.3 Å². The van der Waals surface area contributed by atoms with Crippen molar-refractivity contribution in [3.8, 4) is 22.3 Å². The lowest BCUT2D eigenvalue weighted by Gasteiger charge is -2.17. The normalized spacial score (nSPS) is 12.2. The molecule has 300 valence electrons. The third kappa shape index (κ3) is 11.1. The predicted molar refractivity (Wildman–Crippen MR) is 232 cm³/mol. The van der Waals surface area contributed by atoms with Crippen molar-refractivity contribution in [3.63, 3.8) is 0 Å². The first-order chi connectivity index (χ1) is 28.2. The quantitative estimate of drug-likeness (QED) is 0.0905. The van der Waals surface area contributed by atoms with Crippen LogP contribution in [0.25, 0.3) is 44.1 Å². The van der Waals surface area contributed by atoms with Crippen LogP contribution in [0.15, 0.2) is 109 Å². The van der Waals surface area contributed by atoms with E-state index in [4.69, 9.17) is 15.6 Å². The second kappa shape index (κ2) is 21.5. The fourth-order valence-electron chi connectivity index (χ4n) is 7.05. The first-order valence-corrected chi connectivity index (χ1v) is 20.3. The summed E-state index contributed by atoms with van der Waals surface area (Å²) in [6, 6.07) is 36.0. The number of aromatic nitrogens is 2. The van der Waals surface area contributed by atoms with Crippen LogP contribution >= 0.6 is 0 Å². The van der Waals surface area contributed by atoms with Crippen LogP contribution in [0.4, 0.5) is 0 Å². The van der Waals surface area contributed by atoms with Gasteiger partial charge in [-0.1, -0.05) is 130 Å². The summed E-state index contributed by atoms with van der Waals surface area (Å²) in [6.45, 7) is 9.00. The monoisotopic (exact) mass is 778 g/mol. The minimum absolute atomic E-state index is 0.0674. The number of nitrogens with zero attached hydrogens (tertiary/aromatic N) is 3. The molecule has 2 aromatic heterocycles. The summed E-state index contributed by atoms with van der Waals surface area (Å²) in [5, 5.41) is 2.63. The molecule has 0 radical (unpaired) electrons. The Kier molecular flexibility index (Phi) is 15.9. The summed E-state index contributed by atoms with van der Waals surface area (Å²) in [6.07, 6.45) is 6.80. The van der Waals surface area contributed by atoms with Crippen molar-refractivity contribution >= 4 is 45.4 Å². The van der Waals surface area contributed by atoms with Crippen LogP contribution in [0.5, 0.6) is 0 Å². The van der Waals surface area contributed by atoms with Crippen LogP contribution in [-0.4, -0.2) is 45.1 Å². The highest BCUT2D eigenvalue weighted by molar-refractivity contribution is 6.02. The van der Waals surface area contributed by atoms with Gasteiger partial charge in [0, 0.05) is 47.8 Å². The predicted octanol–water partition coefficient (Wildman–Crippen LogP) is 10.0. The van der Waals surface area contributed by atoms with E-state index in [1.165, 1.54) is 12.8 Å². The molecule has 1 saturated heterocycles. The standard InChI is InChI=1S/C23H25NO.C22H18N2O4.C4H11N/c1-3-4-6-13-19(25)16-21-17(2)24-22-15-10-9-14-20(22)23(21)18-11-7-5-8-12-18;1-14-17(13-21(27)28-24-19(25)11-12-20(24)26)22(15-7-3-2-4-8-15)16-9-5-6-10-18(16)23-14;1-2-3-4-5/h5,7-12,14-15H,3-4,6,13,16H2,1-2H3;2-10H,11-13H2,1H3;2-5H2,1H3. The third-order valence-electron chi connectivity index (χ3n) is 10.0. The number of rotatable bonds is 13. The largest absolute Gasteiger partial charge is 0.337 e. The van der Waals surface area contributed by atoms with Gasteiger partial charge in [-0.2, -0.15) is 0 Å². The second-order valence-corrected chi connectivity index (χ2v) is 14.4. The summed E-state index contributed by atoms with van der Waals surface area (Å²) in [4.78, 5) is 62.9. The zero-order chi connectivity index (χ0) is 41.4. The highest BCUT2D eigenvalue weighted by atomic mass is 16.7. The van der Waals surface area contributed by atoms with E-state index >= 15 is 0 Å². The first kappa shape index (κ1) is 43.1. The first-order valence-electron chi connectivity index (χ1n) is 20.3. The van der Waals surface area contributed by atoms with Gasteiger partial charge < -0.3 is 10.6 Å². The van der Waals surface area contributed by atoms with Crippen molar-refractivity contribution in [2.45, 2.75) is 91.9 Å². The summed E-state index contributed by atoms with van der Waals surface area (Å²) < 4.78 is 0. The van der Waals surface area contributed by atoms with Gasteiger partial charge >= 0.3 is 5.97 Å². The van der Waals surface area contributed by atoms with Crippen LogP contribution in [0.1, 0.15) is 87.7 Å². The summed E-state index contributed by atoms with van der Waals surface area (Å²) in [5.74, 6) is -1.34. The number of benzene rings is 4. The molecule has 4 aromatic carbocycles. The molecule has 7 rings (SSSR count). The highest BCUT2D eigenvalue weighted by Gasteiger charge is 2.33. The number of hydroxylamine groups is 2. The van der Waals surface area contributed by atoms with E-state index in [1.807, 2.05) is 105 Å². The molecule has 1 aliphatic rings. The van der Waals surface area contributed by atoms with E-state index < -0.39 is 17.8 Å². The van der Waals surface area contributed by atoms with Crippen LogP contribution in [-0.2, 0) is 36.9 Å². The Bertz CT molecular complexity index is 2330. The molecule has 6 aromatic rings. The second-order valence-electron chi connectivity index (χ2n) is 14.4. The van der Waals surface area contributed by atoms with E-state index in [1.54, 1.807) is 0 Å².